The Bertz CT molecular complexity index is 1060. The number of hydrogen-bond acceptors (Lipinski definition) is 5. The summed E-state index contributed by atoms with van der Waals surface area (Å²) in [5.41, 5.74) is -2.46. The number of nitrogens with one attached hydrogen (secondary N) is 1. The number of alkyl halides is 3. The first-order chi connectivity index (χ1) is 16.7. The molecule has 2 saturated heterocycles. The van der Waals surface area contributed by atoms with Crippen LogP contribution in [-0.4, -0.2) is 54.0 Å². The molecule has 1 aromatic carbocycles. The van der Waals surface area contributed by atoms with Crippen molar-refractivity contribution in [1.29, 1.82) is 0 Å². The lowest BCUT2D eigenvalue weighted by Gasteiger charge is -2.28. The Labute approximate surface area is 198 Å². The van der Waals surface area contributed by atoms with Gasteiger partial charge in [0.25, 0.3) is 0 Å². The maximum Gasteiger partial charge on any atom is 0.420 e. The molecule has 1 saturated carbocycles. The number of hydrogen-bond donors (Lipinski definition) is 1. The smallest absolute Gasteiger partial charge is 0.381 e. The molecule has 3 fully saturated rings. The van der Waals surface area contributed by atoms with E-state index < -0.39 is 46.3 Å². The van der Waals surface area contributed by atoms with Crippen LogP contribution in [0.2, 0.25) is 0 Å². The van der Waals surface area contributed by atoms with Crippen LogP contribution in [0.4, 0.5) is 32.2 Å². The van der Waals surface area contributed by atoms with Gasteiger partial charge in [0.15, 0.2) is 17.5 Å². The zero-order valence-corrected chi connectivity index (χ0v) is 18.9. The highest BCUT2D eigenvalue weighted by molar-refractivity contribution is 5.63. The number of rotatable bonds is 5. The van der Waals surface area contributed by atoms with Gasteiger partial charge in [0, 0.05) is 50.5 Å². The van der Waals surface area contributed by atoms with Crippen molar-refractivity contribution in [2.45, 2.75) is 37.9 Å². The maximum absolute atomic E-state index is 14.1. The highest BCUT2D eigenvalue weighted by Gasteiger charge is 2.43. The Morgan fingerprint density at radius 1 is 0.971 bits per heavy atom. The fourth-order valence-corrected chi connectivity index (χ4v) is 5.74. The summed E-state index contributed by atoms with van der Waals surface area (Å²) in [6, 6.07) is 1.30. The molecule has 3 aliphatic rings. The monoisotopic (exact) mass is 500 g/mol. The minimum Gasteiger partial charge on any atom is -0.381 e. The maximum atomic E-state index is 14.1. The molecule has 0 spiro atoms. The molecule has 11 heteroatoms. The van der Waals surface area contributed by atoms with Crippen molar-refractivity contribution in [3.8, 4) is 11.3 Å². The molecule has 5 nitrogen and oxygen atoms in total. The van der Waals surface area contributed by atoms with Crippen molar-refractivity contribution < 1.29 is 31.1 Å². The lowest BCUT2D eigenvalue weighted by molar-refractivity contribution is -0.137. The second-order valence-electron chi connectivity index (χ2n) is 9.85. The molecular weight excluding hydrogens is 474 g/mol. The second kappa shape index (κ2) is 9.57. The van der Waals surface area contributed by atoms with E-state index in [1.54, 1.807) is 0 Å². The quantitative estimate of drug-likeness (QED) is 0.456. The fraction of sp³-hybridized carbons (Fsp3) is 0.583. The van der Waals surface area contributed by atoms with Crippen LogP contribution in [0.5, 0.6) is 0 Å². The molecule has 0 unspecified atom stereocenters. The Morgan fingerprint density at radius 3 is 2.31 bits per heavy atom. The third kappa shape index (κ3) is 5.25. The van der Waals surface area contributed by atoms with Crippen molar-refractivity contribution in [2.75, 3.05) is 38.2 Å². The predicted octanol–water partition coefficient (Wildman–Crippen LogP) is 5.13. The topological polar surface area (TPSA) is 50.3 Å². The average molecular weight is 500 g/mol. The number of ether oxygens (including phenoxy) is 1. The van der Waals surface area contributed by atoms with Gasteiger partial charge in [-0.25, -0.2) is 13.2 Å². The molecular formula is C24H26F6N4O. The van der Waals surface area contributed by atoms with E-state index in [-0.39, 0.29) is 6.04 Å². The van der Waals surface area contributed by atoms with Gasteiger partial charge < -0.3 is 15.0 Å². The Kier molecular flexibility index (Phi) is 6.65. The minimum absolute atomic E-state index is 0.195. The van der Waals surface area contributed by atoms with Crippen LogP contribution < -0.4 is 5.32 Å². The molecule has 2 aliphatic heterocycles. The van der Waals surface area contributed by atoms with Gasteiger partial charge in [-0.15, -0.1) is 10.2 Å². The van der Waals surface area contributed by atoms with E-state index in [0.717, 1.165) is 58.5 Å². The summed E-state index contributed by atoms with van der Waals surface area (Å²) < 4.78 is 88.1. The molecule has 35 heavy (non-hydrogen) atoms. The van der Waals surface area contributed by atoms with Gasteiger partial charge in [-0.05, 0) is 55.6 Å². The first kappa shape index (κ1) is 24.3. The first-order valence-corrected chi connectivity index (χ1v) is 11.8. The highest BCUT2D eigenvalue weighted by Crippen LogP contribution is 2.42. The number of anilines is 1. The summed E-state index contributed by atoms with van der Waals surface area (Å²) >= 11 is 0. The van der Waals surface area contributed by atoms with Crippen LogP contribution in [-0.2, 0) is 10.9 Å². The predicted molar refractivity (Wildman–Crippen MR) is 116 cm³/mol. The number of aromatic nitrogens is 2. The third-order valence-corrected chi connectivity index (χ3v) is 7.39. The Balaban J connectivity index is 1.28. The van der Waals surface area contributed by atoms with Crippen LogP contribution in [0.15, 0.2) is 18.2 Å². The molecule has 0 radical (unpaired) electrons. The largest absolute Gasteiger partial charge is 0.420 e. The van der Waals surface area contributed by atoms with Crippen molar-refractivity contribution >= 4 is 5.82 Å². The molecule has 0 amide bonds. The van der Waals surface area contributed by atoms with Crippen LogP contribution in [0.1, 0.15) is 31.2 Å². The van der Waals surface area contributed by atoms with E-state index in [4.69, 9.17) is 4.74 Å². The van der Waals surface area contributed by atoms with Crippen molar-refractivity contribution in [2.24, 2.45) is 17.8 Å². The number of benzene rings is 1. The molecule has 190 valence electrons. The van der Waals surface area contributed by atoms with Gasteiger partial charge in [-0.1, -0.05) is 0 Å². The van der Waals surface area contributed by atoms with Crippen molar-refractivity contribution in [3.63, 3.8) is 0 Å². The Hall–Kier alpha value is -2.40. The van der Waals surface area contributed by atoms with E-state index >= 15 is 0 Å². The number of nitrogens with zero attached hydrogens (tertiary/aromatic N) is 3. The molecule has 0 bridgehead atoms. The van der Waals surface area contributed by atoms with E-state index in [9.17, 15) is 26.3 Å². The number of fused-ring (bicyclic) bond motifs is 1. The third-order valence-electron chi connectivity index (χ3n) is 7.39. The van der Waals surface area contributed by atoms with E-state index in [1.165, 1.54) is 0 Å². The number of likely N-dealkylation sites (tertiary alicyclic amines) is 1. The highest BCUT2D eigenvalue weighted by atomic mass is 19.4. The van der Waals surface area contributed by atoms with Gasteiger partial charge in [-0.3, -0.25) is 0 Å². The zero-order chi connectivity index (χ0) is 24.7. The lowest BCUT2D eigenvalue weighted by Crippen LogP contribution is -2.32. The molecule has 2 aromatic rings. The van der Waals surface area contributed by atoms with E-state index in [2.05, 4.69) is 20.4 Å². The van der Waals surface area contributed by atoms with E-state index in [1.807, 2.05) is 0 Å². The van der Waals surface area contributed by atoms with Crippen LogP contribution >= 0.6 is 0 Å². The summed E-state index contributed by atoms with van der Waals surface area (Å²) in [4.78, 5) is 2.46. The summed E-state index contributed by atoms with van der Waals surface area (Å²) in [6.45, 7) is 4.51. The van der Waals surface area contributed by atoms with Crippen molar-refractivity contribution in [3.05, 3.63) is 41.2 Å². The Morgan fingerprint density at radius 2 is 1.66 bits per heavy atom. The van der Waals surface area contributed by atoms with Gasteiger partial charge in [0.2, 0.25) is 0 Å². The van der Waals surface area contributed by atoms with Crippen LogP contribution in [0.3, 0.4) is 0 Å². The molecule has 3 atom stereocenters. The fourth-order valence-electron chi connectivity index (χ4n) is 5.74. The summed E-state index contributed by atoms with van der Waals surface area (Å²) in [5.74, 6) is -3.14. The minimum atomic E-state index is -4.82. The molecule has 3 heterocycles. The summed E-state index contributed by atoms with van der Waals surface area (Å²) in [5, 5.41) is 10.2. The zero-order valence-electron chi connectivity index (χ0n) is 18.9. The molecule has 5 rings (SSSR count). The van der Waals surface area contributed by atoms with Crippen LogP contribution in [0.25, 0.3) is 11.3 Å². The molecule has 1 aliphatic carbocycles. The number of halogens is 6. The van der Waals surface area contributed by atoms with Crippen LogP contribution in [0, 0.1) is 35.2 Å². The van der Waals surface area contributed by atoms with Gasteiger partial charge >= 0.3 is 6.18 Å². The second-order valence-corrected chi connectivity index (χ2v) is 9.85. The lowest BCUT2D eigenvalue weighted by atomic mass is 10.00. The average Bonchev–Trinajstić information content (AvgIpc) is 3.34. The standard InChI is InChI=1S/C24H26F6N4O/c25-16-7-18(22(27)20(26)8-16)21-9-19(24(28,29)30)23(33-32-21)31-17-5-14-11-34(12-15(14)6-17)10-13-1-3-35-4-2-13/h7-9,13-15,17H,1-6,10-12H2,(H,31,33)/t14-,15+,17+. The normalized spacial score (nSPS) is 25.7. The summed E-state index contributed by atoms with van der Waals surface area (Å²) in [7, 11) is 0. The van der Waals surface area contributed by atoms with E-state index in [0.29, 0.717) is 36.0 Å². The first-order valence-electron chi connectivity index (χ1n) is 11.8. The molecule has 1 N–H and O–H groups in total. The molecule has 1 aromatic heterocycles. The van der Waals surface area contributed by atoms with Gasteiger partial charge in [0.1, 0.15) is 11.4 Å². The SMILES string of the molecule is Fc1cc(F)c(F)c(-c2cc(C(F)(F)F)c(N[C@H]3C[C@@H]4CN(CC5CCOCC5)C[C@@H]4C3)nn2)c1. The van der Waals surface area contributed by atoms with Crippen molar-refractivity contribution in [1.82, 2.24) is 15.1 Å². The van der Waals surface area contributed by atoms with Gasteiger partial charge in [-0.2, -0.15) is 13.2 Å². The van der Waals surface area contributed by atoms with Gasteiger partial charge in [0.05, 0.1) is 5.69 Å². The summed E-state index contributed by atoms with van der Waals surface area (Å²) in [6.07, 6.45) is -1.24.